The summed E-state index contributed by atoms with van der Waals surface area (Å²) in [7, 11) is 0. The van der Waals surface area contributed by atoms with E-state index in [2.05, 4.69) is 10.1 Å². The Balaban J connectivity index is 1.95. The van der Waals surface area contributed by atoms with Gasteiger partial charge in [-0.1, -0.05) is 23.4 Å². The van der Waals surface area contributed by atoms with Crippen LogP contribution in [0.2, 0.25) is 0 Å². The summed E-state index contributed by atoms with van der Waals surface area (Å²) in [6, 6.07) is 7.66. The van der Waals surface area contributed by atoms with Gasteiger partial charge in [0.15, 0.2) is 5.82 Å². The number of benzene rings is 1. The van der Waals surface area contributed by atoms with Crippen LogP contribution in [0.15, 0.2) is 28.8 Å². The third-order valence-corrected chi connectivity index (χ3v) is 2.86. The maximum absolute atomic E-state index is 5.69. The van der Waals surface area contributed by atoms with E-state index >= 15 is 0 Å². The third-order valence-electron chi connectivity index (χ3n) is 2.86. The lowest BCUT2D eigenvalue weighted by Gasteiger charge is -2.01. The first-order valence-corrected chi connectivity index (χ1v) is 5.56. The van der Waals surface area contributed by atoms with Crippen molar-refractivity contribution in [1.82, 2.24) is 10.1 Å². The van der Waals surface area contributed by atoms with Crippen molar-refractivity contribution in [2.45, 2.75) is 18.9 Å². The van der Waals surface area contributed by atoms with Gasteiger partial charge in [0.2, 0.25) is 5.89 Å². The molecule has 0 saturated carbocycles. The van der Waals surface area contributed by atoms with E-state index in [1.54, 1.807) is 0 Å². The molecule has 0 amide bonds. The Labute approximate surface area is 98.6 Å². The number of fused-ring (bicyclic) bond motifs is 1. The van der Waals surface area contributed by atoms with Crippen LogP contribution < -0.4 is 10.5 Å². The molecule has 0 fully saturated rings. The second-order valence-corrected chi connectivity index (χ2v) is 4.18. The summed E-state index contributed by atoms with van der Waals surface area (Å²) in [6.07, 6.45) is 0. The Hall–Kier alpha value is -1.88. The monoisotopic (exact) mass is 231 g/mol. The topological polar surface area (TPSA) is 74.2 Å². The van der Waals surface area contributed by atoms with E-state index in [0.29, 0.717) is 18.3 Å². The average molecular weight is 231 g/mol. The molecule has 3 rings (SSSR count). The number of hydrogen-bond donors (Lipinski definition) is 1. The lowest BCUT2D eigenvalue weighted by atomic mass is 10.0. The van der Waals surface area contributed by atoms with Crippen LogP contribution in [0.4, 0.5) is 0 Å². The second-order valence-electron chi connectivity index (χ2n) is 4.18. The number of ether oxygens (including phenoxy) is 1. The second kappa shape index (κ2) is 3.85. The smallest absolute Gasteiger partial charge is 0.243 e. The molecule has 1 aromatic heterocycles. The lowest BCUT2D eigenvalue weighted by molar-refractivity contribution is 0.329. The van der Waals surface area contributed by atoms with Crippen molar-refractivity contribution in [3.8, 4) is 5.75 Å². The standard InChI is InChI=1S/C12H13N3O2/c1-7(13)12-14-11(15-17-12)9-6-16-10-5-3-2-4-8(9)10/h2-5,7,9H,6,13H2,1H3/t7-,9?/m0/s1. The molecule has 2 atom stereocenters. The molecule has 1 unspecified atom stereocenters. The zero-order chi connectivity index (χ0) is 11.8. The highest BCUT2D eigenvalue weighted by molar-refractivity contribution is 5.42. The highest BCUT2D eigenvalue weighted by Gasteiger charge is 2.29. The molecule has 0 radical (unpaired) electrons. The Bertz CT molecular complexity index is 536. The number of nitrogens with zero attached hydrogens (tertiary/aromatic N) is 2. The van der Waals surface area contributed by atoms with Gasteiger partial charge >= 0.3 is 0 Å². The highest BCUT2D eigenvalue weighted by Crippen LogP contribution is 2.36. The fourth-order valence-corrected chi connectivity index (χ4v) is 1.95. The van der Waals surface area contributed by atoms with Gasteiger partial charge in [-0.2, -0.15) is 4.98 Å². The fraction of sp³-hybridized carbons (Fsp3) is 0.333. The van der Waals surface area contributed by atoms with E-state index < -0.39 is 0 Å². The molecule has 0 bridgehead atoms. The molecule has 5 heteroatoms. The first kappa shape index (κ1) is 10.3. The summed E-state index contributed by atoms with van der Waals surface area (Å²) in [6.45, 7) is 2.37. The lowest BCUT2D eigenvalue weighted by Crippen LogP contribution is -2.07. The summed E-state index contributed by atoms with van der Waals surface area (Å²) in [5.41, 5.74) is 6.79. The summed E-state index contributed by atoms with van der Waals surface area (Å²) < 4.78 is 10.7. The van der Waals surface area contributed by atoms with E-state index in [0.717, 1.165) is 11.3 Å². The third kappa shape index (κ3) is 1.68. The molecular weight excluding hydrogens is 218 g/mol. The minimum absolute atomic E-state index is 0.0439. The Morgan fingerprint density at radius 3 is 3.00 bits per heavy atom. The fourth-order valence-electron chi connectivity index (χ4n) is 1.95. The Kier molecular flexibility index (Phi) is 2.33. The molecule has 1 aliphatic rings. The number of hydrogen-bond acceptors (Lipinski definition) is 5. The molecule has 1 aliphatic heterocycles. The minimum atomic E-state index is -0.242. The van der Waals surface area contributed by atoms with E-state index in [-0.39, 0.29) is 12.0 Å². The van der Waals surface area contributed by atoms with Crippen LogP contribution in [-0.4, -0.2) is 16.7 Å². The summed E-state index contributed by atoms with van der Waals surface area (Å²) >= 11 is 0. The van der Waals surface area contributed by atoms with Crippen LogP contribution in [0.3, 0.4) is 0 Å². The average Bonchev–Trinajstić information content (AvgIpc) is 2.95. The molecule has 2 heterocycles. The van der Waals surface area contributed by atoms with Crippen molar-refractivity contribution in [1.29, 1.82) is 0 Å². The van der Waals surface area contributed by atoms with Gasteiger partial charge in [0.1, 0.15) is 12.4 Å². The van der Waals surface area contributed by atoms with Crippen LogP contribution >= 0.6 is 0 Å². The van der Waals surface area contributed by atoms with Gasteiger partial charge in [0.25, 0.3) is 0 Å². The van der Waals surface area contributed by atoms with E-state index in [1.807, 2.05) is 31.2 Å². The van der Waals surface area contributed by atoms with E-state index in [9.17, 15) is 0 Å². The predicted molar refractivity (Wildman–Crippen MR) is 60.7 cm³/mol. The highest BCUT2D eigenvalue weighted by atomic mass is 16.5. The number of nitrogens with two attached hydrogens (primary N) is 1. The molecule has 2 aromatic rings. The quantitative estimate of drug-likeness (QED) is 0.850. The van der Waals surface area contributed by atoms with Gasteiger partial charge in [-0.3, -0.25) is 0 Å². The predicted octanol–water partition coefficient (Wildman–Crippen LogP) is 1.61. The largest absolute Gasteiger partial charge is 0.492 e. The Morgan fingerprint density at radius 1 is 1.41 bits per heavy atom. The molecule has 5 nitrogen and oxygen atoms in total. The Morgan fingerprint density at radius 2 is 2.24 bits per heavy atom. The number of rotatable bonds is 2. The van der Waals surface area contributed by atoms with E-state index in [4.69, 9.17) is 15.0 Å². The molecular formula is C12H13N3O2. The molecule has 17 heavy (non-hydrogen) atoms. The van der Waals surface area contributed by atoms with Crippen molar-refractivity contribution >= 4 is 0 Å². The zero-order valence-corrected chi connectivity index (χ0v) is 9.46. The van der Waals surface area contributed by atoms with Gasteiger partial charge < -0.3 is 15.0 Å². The molecule has 88 valence electrons. The zero-order valence-electron chi connectivity index (χ0n) is 9.46. The molecule has 0 aliphatic carbocycles. The summed E-state index contributed by atoms with van der Waals surface area (Å²) in [5.74, 6) is 2.04. The normalized spacial score (nSPS) is 19.8. The first-order chi connectivity index (χ1) is 8.25. The van der Waals surface area contributed by atoms with Crippen molar-refractivity contribution in [3.05, 3.63) is 41.5 Å². The van der Waals surface area contributed by atoms with Gasteiger partial charge in [-0.05, 0) is 13.0 Å². The minimum Gasteiger partial charge on any atom is -0.492 e. The van der Waals surface area contributed by atoms with E-state index in [1.165, 1.54) is 0 Å². The van der Waals surface area contributed by atoms with Gasteiger partial charge in [-0.25, -0.2) is 0 Å². The number of aromatic nitrogens is 2. The molecule has 1 aromatic carbocycles. The van der Waals surface area contributed by atoms with Gasteiger partial charge in [-0.15, -0.1) is 0 Å². The summed E-state index contributed by atoms with van der Waals surface area (Å²) in [4.78, 5) is 4.31. The van der Waals surface area contributed by atoms with Crippen LogP contribution in [0.5, 0.6) is 5.75 Å². The SMILES string of the molecule is C[C@H](N)c1nc(C2COc3ccccc32)no1. The van der Waals surface area contributed by atoms with Crippen molar-refractivity contribution in [2.24, 2.45) is 5.73 Å². The first-order valence-electron chi connectivity index (χ1n) is 5.56. The van der Waals surface area contributed by atoms with Gasteiger partial charge in [0.05, 0.1) is 12.0 Å². The van der Waals surface area contributed by atoms with Crippen LogP contribution in [0.1, 0.15) is 36.2 Å². The summed E-state index contributed by atoms with van der Waals surface area (Å²) in [5, 5.41) is 3.97. The van der Waals surface area contributed by atoms with Crippen molar-refractivity contribution in [2.75, 3.05) is 6.61 Å². The molecule has 0 saturated heterocycles. The molecule has 0 spiro atoms. The van der Waals surface area contributed by atoms with Crippen LogP contribution in [0.25, 0.3) is 0 Å². The van der Waals surface area contributed by atoms with Crippen molar-refractivity contribution < 1.29 is 9.26 Å². The molecule has 2 N–H and O–H groups in total. The van der Waals surface area contributed by atoms with Gasteiger partial charge in [0, 0.05) is 5.56 Å². The maximum Gasteiger partial charge on any atom is 0.243 e. The van der Waals surface area contributed by atoms with Crippen LogP contribution in [0, 0.1) is 0 Å². The van der Waals surface area contributed by atoms with Crippen LogP contribution in [-0.2, 0) is 0 Å². The number of para-hydroxylation sites is 1. The van der Waals surface area contributed by atoms with Crippen molar-refractivity contribution in [3.63, 3.8) is 0 Å². The maximum atomic E-state index is 5.69.